The Kier molecular flexibility index (Phi) is 6.46. The van der Waals surface area contributed by atoms with Crippen molar-refractivity contribution in [3.63, 3.8) is 0 Å². The van der Waals surface area contributed by atoms with E-state index in [4.69, 9.17) is 9.84 Å². The summed E-state index contributed by atoms with van der Waals surface area (Å²) >= 11 is 0. The van der Waals surface area contributed by atoms with Crippen LogP contribution in [0.15, 0.2) is 23.6 Å². The van der Waals surface area contributed by atoms with Crippen LogP contribution < -0.4 is 0 Å². The second-order valence-electron chi connectivity index (χ2n) is 6.08. The van der Waals surface area contributed by atoms with Gasteiger partial charge in [-0.25, -0.2) is 8.42 Å². The molecule has 0 saturated carbocycles. The highest BCUT2D eigenvalue weighted by molar-refractivity contribution is 7.70. The first kappa shape index (κ1) is 19.3. The van der Waals surface area contributed by atoms with Crippen LogP contribution in [0.3, 0.4) is 0 Å². The van der Waals surface area contributed by atoms with E-state index in [0.717, 1.165) is 0 Å². The Hall–Kier alpha value is -2.03. The molecule has 1 atom stereocenters. The van der Waals surface area contributed by atoms with E-state index >= 15 is 0 Å². The Labute approximate surface area is 148 Å². The zero-order valence-electron chi connectivity index (χ0n) is 14.4. The van der Waals surface area contributed by atoms with E-state index in [1.165, 1.54) is 4.31 Å². The molecule has 0 spiro atoms. The lowest BCUT2D eigenvalue weighted by Crippen LogP contribution is -2.45. The van der Waals surface area contributed by atoms with Gasteiger partial charge in [-0.2, -0.15) is 0 Å². The average Bonchev–Trinajstić information content (AvgIpc) is 2.60. The fraction of sp³-hybridized carbons (Fsp3) is 0.625. The number of nitrogens with zero attached hydrogens (tertiary/aromatic N) is 2. The number of hydrogen-bond acceptors (Lipinski definition) is 5. The lowest BCUT2D eigenvalue weighted by molar-refractivity contribution is -0.146. The zero-order valence-corrected chi connectivity index (χ0v) is 15.3. The van der Waals surface area contributed by atoms with Gasteiger partial charge in [0, 0.05) is 13.1 Å². The molecule has 0 bridgehead atoms. The number of carboxylic acids is 1. The Morgan fingerprint density at radius 3 is 2.36 bits per heavy atom. The molecule has 8 nitrogen and oxygen atoms in total. The molecule has 2 heterocycles. The van der Waals surface area contributed by atoms with Crippen LogP contribution in [-0.4, -0.2) is 60.3 Å². The van der Waals surface area contributed by atoms with E-state index < -0.39 is 28.9 Å². The number of allylic oxidation sites excluding steroid dienone is 2. The number of carbonyl (C=O) groups is 2. The number of amides is 1. The fourth-order valence-corrected chi connectivity index (χ4v) is 3.87. The molecule has 0 aromatic heterocycles. The van der Waals surface area contributed by atoms with Crippen LogP contribution in [-0.2, 0) is 25.2 Å². The van der Waals surface area contributed by atoms with Gasteiger partial charge in [0.2, 0.25) is 16.8 Å². The molecule has 140 valence electrons. The van der Waals surface area contributed by atoms with Crippen molar-refractivity contribution in [1.82, 2.24) is 9.21 Å². The predicted molar refractivity (Wildman–Crippen MR) is 91.0 cm³/mol. The maximum atomic E-state index is 12.5. The summed E-state index contributed by atoms with van der Waals surface area (Å²) in [6.45, 7) is 4.37. The third-order valence-corrected chi connectivity index (χ3v) is 5.31. The van der Waals surface area contributed by atoms with E-state index in [2.05, 4.69) is 0 Å². The normalized spacial score (nSPS) is 25.5. The third-order valence-electron chi connectivity index (χ3n) is 4.53. The van der Waals surface area contributed by atoms with E-state index in [1.807, 2.05) is 0 Å². The molecule has 1 N–H and O–H groups in total. The topological polar surface area (TPSA) is 104 Å². The third kappa shape index (κ3) is 4.53. The molecule has 2 aliphatic rings. The molecule has 2 rings (SSSR count). The number of aliphatic carboxylic acids is 1. The van der Waals surface area contributed by atoms with Crippen molar-refractivity contribution < 1.29 is 27.9 Å². The van der Waals surface area contributed by atoms with E-state index in [9.17, 15) is 18.0 Å². The first-order chi connectivity index (χ1) is 11.9. The van der Waals surface area contributed by atoms with Gasteiger partial charge in [0.15, 0.2) is 0 Å². The largest absolute Gasteiger partial charge is 0.486 e. The van der Waals surface area contributed by atoms with Gasteiger partial charge in [-0.3, -0.25) is 13.9 Å². The Bertz CT molecular complexity index is 654. The smallest absolute Gasteiger partial charge is 0.306 e. The molecule has 0 aliphatic carbocycles. The van der Waals surface area contributed by atoms with E-state index in [0.29, 0.717) is 37.4 Å². The minimum Gasteiger partial charge on any atom is -0.486 e. The number of likely N-dealkylation sites (tertiary alicyclic amines) is 1. The van der Waals surface area contributed by atoms with Crippen LogP contribution in [0.25, 0.3) is 0 Å². The monoisotopic (exact) mass is 372 g/mol. The second kappa shape index (κ2) is 8.37. The van der Waals surface area contributed by atoms with Crippen molar-refractivity contribution in [3.05, 3.63) is 23.6 Å². The van der Waals surface area contributed by atoms with Crippen LogP contribution in [0.2, 0.25) is 0 Å². The van der Waals surface area contributed by atoms with Gasteiger partial charge in [-0.15, -0.1) is 0 Å². The Balaban J connectivity index is 2.00. The molecular weight excluding hydrogens is 348 g/mol. The van der Waals surface area contributed by atoms with Gasteiger partial charge in [0.25, 0.3) is 0 Å². The summed E-state index contributed by atoms with van der Waals surface area (Å²) in [5.74, 6) is -0.930. The summed E-state index contributed by atoms with van der Waals surface area (Å²) in [5.41, 5.74) is 0.476. The molecule has 9 heteroatoms. The molecule has 1 amide bonds. The molecule has 2 aliphatic heterocycles. The molecular formula is C16H24N2O6S. The maximum absolute atomic E-state index is 12.5. The van der Waals surface area contributed by atoms with Gasteiger partial charge >= 0.3 is 5.97 Å². The number of carbonyl (C=O) groups excluding carboxylic acids is 1. The summed E-state index contributed by atoms with van der Waals surface area (Å²) in [4.78, 5) is 25.1. The number of hydrogen-bond donors (Lipinski definition) is 2. The summed E-state index contributed by atoms with van der Waals surface area (Å²) in [6.07, 6.45) is 3.71. The van der Waals surface area contributed by atoms with Gasteiger partial charge < -0.3 is 14.7 Å². The van der Waals surface area contributed by atoms with Crippen LogP contribution in [0.5, 0.6) is 0 Å². The van der Waals surface area contributed by atoms with Crippen LogP contribution in [0, 0.1) is 5.92 Å². The van der Waals surface area contributed by atoms with E-state index in [-0.39, 0.29) is 18.9 Å². The van der Waals surface area contributed by atoms with Crippen molar-refractivity contribution in [3.8, 4) is 0 Å². The molecule has 2 saturated heterocycles. The van der Waals surface area contributed by atoms with Crippen molar-refractivity contribution in [2.45, 2.75) is 39.2 Å². The SMILES string of the molecule is C/C=C1/OC(CC(=O)N2CCC(C(=O)O)CC2)CN([SH](=O)=O)/C1=C/C. The number of thiol groups is 1. The maximum Gasteiger partial charge on any atom is 0.306 e. The standard InChI is InChI=1S/C16H24N2O6S/c1-3-13-14(4-2)24-12(10-18(13)25(22)23)9-15(19)17-7-5-11(6-8-17)16(20)21/h3-4,11-12,25H,5-10H2,1-2H3,(H,20,21)/b13-3+,14-4+. The van der Waals surface area contributed by atoms with Gasteiger partial charge in [0.1, 0.15) is 11.9 Å². The van der Waals surface area contributed by atoms with Crippen molar-refractivity contribution >= 4 is 22.8 Å². The predicted octanol–water partition coefficient (Wildman–Crippen LogP) is 0.735. The second-order valence-corrected chi connectivity index (χ2v) is 7.04. The lowest BCUT2D eigenvalue weighted by atomic mass is 9.97. The molecule has 0 aromatic rings. The molecule has 1 unspecified atom stereocenters. The lowest BCUT2D eigenvalue weighted by Gasteiger charge is -2.36. The molecule has 0 aromatic carbocycles. The number of carboxylic acid groups (broad SMARTS) is 1. The van der Waals surface area contributed by atoms with Crippen LogP contribution in [0.4, 0.5) is 0 Å². The fourth-order valence-electron chi connectivity index (χ4n) is 3.16. The highest BCUT2D eigenvalue weighted by Gasteiger charge is 2.33. The average molecular weight is 372 g/mol. The van der Waals surface area contributed by atoms with Gasteiger partial charge in [0.05, 0.1) is 24.6 Å². The summed E-state index contributed by atoms with van der Waals surface area (Å²) in [7, 11) is -2.82. The molecule has 0 radical (unpaired) electrons. The summed E-state index contributed by atoms with van der Waals surface area (Å²) in [5, 5.41) is 9.01. The summed E-state index contributed by atoms with van der Waals surface area (Å²) < 4.78 is 30.0. The quantitative estimate of drug-likeness (QED) is 0.705. The first-order valence-electron chi connectivity index (χ1n) is 8.29. The highest BCUT2D eigenvalue weighted by atomic mass is 32.2. The first-order valence-corrected chi connectivity index (χ1v) is 9.42. The van der Waals surface area contributed by atoms with Crippen molar-refractivity contribution in [2.24, 2.45) is 5.92 Å². The number of piperidine rings is 1. The molecule has 2 fully saturated rings. The minimum absolute atomic E-state index is 0.0613. The number of morpholine rings is 1. The van der Waals surface area contributed by atoms with E-state index in [1.54, 1.807) is 30.9 Å². The zero-order chi connectivity index (χ0) is 18.6. The molecule has 25 heavy (non-hydrogen) atoms. The number of rotatable bonds is 4. The minimum atomic E-state index is -2.82. The van der Waals surface area contributed by atoms with Crippen molar-refractivity contribution in [2.75, 3.05) is 19.6 Å². The highest BCUT2D eigenvalue weighted by Crippen LogP contribution is 2.27. The van der Waals surface area contributed by atoms with Crippen molar-refractivity contribution in [1.29, 1.82) is 0 Å². The Morgan fingerprint density at radius 1 is 1.24 bits per heavy atom. The van der Waals surface area contributed by atoms with Crippen LogP contribution in [0.1, 0.15) is 33.1 Å². The Morgan fingerprint density at radius 2 is 1.88 bits per heavy atom. The number of ether oxygens (including phenoxy) is 1. The van der Waals surface area contributed by atoms with Gasteiger partial charge in [-0.1, -0.05) is 6.08 Å². The van der Waals surface area contributed by atoms with Gasteiger partial charge in [-0.05, 0) is 32.8 Å². The summed E-state index contributed by atoms with van der Waals surface area (Å²) in [6, 6.07) is 0. The van der Waals surface area contributed by atoms with Crippen LogP contribution >= 0.6 is 0 Å².